The lowest BCUT2D eigenvalue weighted by Crippen LogP contribution is -2.70. The summed E-state index contributed by atoms with van der Waals surface area (Å²) in [6, 6.07) is 13.4. The summed E-state index contributed by atoms with van der Waals surface area (Å²) in [5.74, 6) is -2.61. The molecule has 0 saturated carbocycles. The molecule has 4 N–H and O–H groups in total. The van der Waals surface area contributed by atoms with Crippen LogP contribution in [-0.4, -0.2) is 78.9 Å². The van der Waals surface area contributed by atoms with Crippen LogP contribution in [0.15, 0.2) is 48.5 Å². The van der Waals surface area contributed by atoms with E-state index in [1.165, 1.54) is 20.2 Å². The molecule has 3 fully saturated rings. The molecular weight excluding hydrogens is 595 g/mol. The lowest BCUT2D eigenvalue weighted by atomic mass is 9.88. The predicted molar refractivity (Wildman–Crippen MR) is 166 cm³/mol. The summed E-state index contributed by atoms with van der Waals surface area (Å²) in [4.78, 5) is 63.8. The predicted octanol–water partition coefficient (Wildman–Crippen LogP) is 2.92. The molecule has 7 amide bonds. The van der Waals surface area contributed by atoms with Crippen molar-refractivity contribution in [3.05, 3.63) is 71.0 Å². The van der Waals surface area contributed by atoms with Gasteiger partial charge in [0.2, 0.25) is 11.8 Å². The highest BCUT2D eigenvalue weighted by Gasteiger charge is 2.54. The first-order chi connectivity index (χ1) is 21.9. The maximum Gasteiger partial charge on any atom is 0.323 e. The number of halogens is 1. The second-order valence-electron chi connectivity index (χ2n) is 11.9. The van der Waals surface area contributed by atoms with Crippen molar-refractivity contribution >= 4 is 35.5 Å². The number of methoxy groups -OCH3 is 1. The van der Waals surface area contributed by atoms with Crippen LogP contribution in [0.3, 0.4) is 0 Å². The number of hydrogen-bond acceptors (Lipinski definition) is 7. The number of carbonyl (C=O) groups is 5. The number of ether oxygens (including phenoxy) is 1. The van der Waals surface area contributed by atoms with E-state index in [4.69, 9.17) is 4.74 Å². The van der Waals surface area contributed by atoms with Crippen LogP contribution in [0.25, 0.3) is 22.3 Å². The molecule has 3 aliphatic heterocycles. The lowest BCUT2D eigenvalue weighted by molar-refractivity contribution is -0.138. The molecule has 6 rings (SSSR count). The normalized spacial score (nSPS) is 19.0. The number of carbonyl (C=O) groups excluding carboxylic acids is 5. The van der Waals surface area contributed by atoms with E-state index in [9.17, 15) is 24.0 Å². The van der Waals surface area contributed by atoms with Crippen molar-refractivity contribution in [2.75, 3.05) is 39.1 Å². The van der Waals surface area contributed by atoms with E-state index in [0.29, 0.717) is 22.6 Å². The quantitative estimate of drug-likeness (QED) is 0.232. The van der Waals surface area contributed by atoms with Gasteiger partial charge in [0.25, 0.3) is 5.91 Å². The Bertz CT molecular complexity index is 1820. The van der Waals surface area contributed by atoms with E-state index in [1.807, 2.05) is 43.0 Å². The topological polar surface area (TPSA) is 149 Å². The first-order valence-corrected chi connectivity index (χ1v) is 14.7. The molecule has 3 aromatic rings. The molecule has 238 valence electrons. The standard InChI is InChI=1S/C33H33FN6O6/c1-17-20(19-11-25(34)24(27(12-19)46-4)14-40-15-33(16-40)30(43)37-31(44)38-33)7-5-8-21(17)22-9-6-10-26(18(22)2)36-28(41)23-13-35-32(45)39(3)29(23)42/h5-12,23H,13-16H2,1-4H3,(H,35,45)(H,36,41)(H2,37,38,43,44). The van der Waals surface area contributed by atoms with Gasteiger partial charge in [-0.15, -0.1) is 0 Å². The number of amides is 7. The fourth-order valence-electron chi connectivity index (χ4n) is 6.36. The summed E-state index contributed by atoms with van der Waals surface area (Å²) in [6.07, 6.45) is 0. The third kappa shape index (κ3) is 5.21. The molecule has 1 atom stereocenters. The molecule has 3 aliphatic rings. The summed E-state index contributed by atoms with van der Waals surface area (Å²) in [5, 5.41) is 10.3. The highest BCUT2D eigenvalue weighted by atomic mass is 19.1. The summed E-state index contributed by atoms with van der Waals surface area (Å²) >= 11 is 0. The Morgan fingerprint density at radius 1 is 1.02 bits per heavy atom. The fraction of sp³-hybridized carbons (Fsp3) is 0.303. The lowest BCUT2D eigenvalue weighted by Gasteiger charge is -2.45. The zero-order valence-electron chi connectivity index (χ0n) is 25.7. The van der Waals surface area contributed by atoms with Crippen molar-refractivity contribution in [2.45, 2.75) is 25.9 Å². The Balaban J connectivity index is 1.24. The van der Waals surface area contributed by atoms with Gasteiger partial charge in [0.1, 0.15) is 23.0 Å². The number of likely N-dealkylation sites (tertiary alicyclic amines) is 1. The first kappa shape index (κ1) is 30.7. The van der Waals surface area contributed by atoms with Gasteiger partial charge in [-0.05, 0) is 65.4 Å². The molecular formula is C33H33FN6O6. The van der Waals surface area contributed by atoms with Gasteiger partial charge in [0.05, 0.1) is 7.11 Å². The number of benzene rings is 3. The second-order valence-corrected chi connectivity index (χ2v) is 11.9. The van der Waals surface area contributed by atoms with Gasteiger partial charge in [-0.2, -0.15) is 0 Å². The van der Waals surface area contributed by atoms with E-state index in [1.54, 1.807) is 18.2 Å². The van der Waals surface area contributed by atoms with Crippen molar-refractivity contribution in [1.82, 2.24) is 25.8 Å². The summed E-state index contributed by atoms with van der Waals surface area (Å²) in [6.45, 7) is 4.45. The Morgan fingerprint density at radius 3 is 2.37 bits per heavy atom. The van der Waals surface area contributed by atoms with E-state index in [2.05, 4.69) is 21.3 Å². The molecule has 13 heteroatoms. The van der Waals surface area contributed by atoms with Crippen LogP contribution in [0.5, 0.6) is 5.75 Å². The number of urea groups is 2. The van der Waals surface area contributed by atoms with Crippen LogP contribution in [0.2, 0.25) is 0 Å². The Morgan fingerprint density at radius 2 is 1.70 bits per heavy atom. The van der Waals surface area contributed by atoms with Crippen molar-refractivity contribution < 1.29 is 33.1 Å². The van der Waals surface area contributed by atoms with Crippen molar-refractivity contribution in [3.63, 3.8) is 0 Å². The Labute approximate surface area is 264 Å². The number of imide groups is 2. The molecule has 12 nitrogen and oxygen atoms in total. The molecule has 0 aromatic heterocycles. The second kappa shape index (κ2) is 11.6. The molecule has 3 aromatic carbocycles. The zero-order chi connectivity index (χ0) is 32.9. The molecule has 0 bridgehead atoms. The average Bonchev–Trinajstić information content (AvgIpc) is 3.31. The molecule has 0 aliphatic carbocycles. The van der Waals surface area contributed by atoms with Gasteiger partial charge >= 0.3 is 12.1 Å². The third-order valence-corrected chi connectivity index (χ3v) is 8.99. The molecule has 1 spiro atoms. The monoisotopic (exact) mass is 628 g/mol. The van der Waals surface area contributed by atoms with Crippen LogP contribution >= 0.6 is 0 Å². The molecule has 1 unspecified atom stereocenters. The van der Waals surface area contributed by atoms with E-state index in [0.717, 1.165) is 32.7 Å². The van der Waals surface area contributed by atoms with Gasteiger partial charge < -0.3 is 20.7 Å². The number of anilines is 1. The molecule has 46 heavy (non-hydrogen) atoms. The number of nitrogens with zero attached hydrogens (tertiary/aromatic N) is 2. The minimum Gasteiger partial charge on any atom is -0.496 e. The van der Waals surface area contributed by atoms with Gasteiger partial charge in [0, 0.05) is 44.5 Å². The van der Waals surface area contributed by atoms with Crippen LogP contribution in [0.4, 0.5) is 19.7 Å². The van der Waals surface area contributed by atoms with Gasteiger partial charge in [-0.25, -0.2) is 14.0 Å². The molecule has 3 heterocycles. The van der Waals surface area contributed by atoms with Crippen molar-refractivity contribution in [3.8, 4) is 28.0 Å². The van der Waals surface area contributed by atoms with Crippen LogP contribution in [0, 0.1) is 25.6 Å². The van der Waals surface area contributed by atoms with Crippen LogP contribution < -0.4 is 26.0 Å². The Kier molecular flexibility index (Phi) is 7.72. The third-order valence-electron chi connectivity index (χ3n) is 8.99. The van der Waals surface area contributed by atoms with Gasteiger partial charge in [-0.3, -0.25) is 29.5 Å². The summed E-state index contributed by atoms with van der Waals surface area (Å²) in [7, 11) is 2.80. The largest absolute Gasteiger partial charge is 0.496 e. The number of hydrogen-bond donors (Lipinski definition) is 4. The SMILES string of the molecule is COc1cc(-c2cccc(-c3cccc(NC(=O)C4CNC(=O)N(C)C4=O)c3C)c2C)cc(F)c1CN1CC2(C1)NC(=O)NC2=O. The van der Waals surface area contributed by atoms with Gasteiger partial charge in [-0.1, -0.05) is 30.3 Å². The number of nitrogens with one attached hydrogen (secondary N) is 4. The minimum absolute atomic E-state index is 0.0826. The van der Waals surface area contributed by atoms with Crippen LogP contribution in [-0.2, 0) is 20.9 Å². The van der Waals surface area contributed by atoms with E-state index < -0.39 is 41.2 Å². The minimum atomic E-state index is -1.05. The van der Waals surface area contributed by atoms with E-state index in [-0.39, 0.29) is 32.1 Å². The smallest absolute Gasteiger partial charge is 0.323 e. The highest BCUT2D eigenvalue weighted by molar-refractivity contribution is 6.12. The van der Waals surface area contributed by atoms with Crippen molar-refractivity contribution in [1.29, 1.82) is 0 Å². The maximum absolute atomic E-state index is 15.7. The molecule has 3 saturated heterocycles. The maximum atomic E-state index is 15.7. The van der Waals surface area contributed by atoms with Crippen molar-refractivity contribution in [2.24, 2.45) is 5.92 Å². The van der Waals surface area contributed by atoms with Gasteiger partial charge in [0.15, 0.2) is 0 Å². The summed E-state index contributed by atoms with van der Waals surface area (Å²) in [5.41, 5.74) is 4.67. The fourth-order valence-corrected chi connectivity index (χ4v) is 6.36. The molecule has 0 radical (unpaired) electrons. The first-order valence-electron chi connectivity index (χ1n) is 14.7. The Hall–Kier alpha value is -5.30. The summed E-state index contributed by atoms with van der Waals surface area (Å²) < 4.78 is 21.3. The average molecular weight is 629 g/mol. The number of rotatable bonds is 7. The highest BCUT2D eigenvalue weighted by Crippen LogP contribution is 2.38. The zero-order valence-corrected chi connectivity index (χ0v) is 25.7. The van der Waals surface area contributed by atoms with E-state index >= 15 is 4.39 Å². The van der Waals surface area contributed by atoms with Crippen LogP contribution in [0.1, 0.15) is 16.7 Å².